The topological polar surface area (TPSA) is 121 Å². The average molecular weight is 452 g/mol. The molecule has 0 radical (unpaired) electrons. The normalized spacial score (nSPS) is 12.6. The van der Waals surface area contributed by atoms with E-state index in [-0.39, 0.29) is 33.3 Å². The summed E-state index contributed by atoms with van der Waals surface area (Å²) in [6.45, 7) is 3.14. The van der Waals surface area contributed by atoms with Crippen molar-refractivity contribution < 1.29 is 21.6 Å². The molecule has 4 rings (SSSR count). The highest BCUT2D eigenvalue weighted by Gasteiger charge is 2.37. The number of pyridine rings is 1. The number of hydrogen-bond acceptors (Lipinski definition) is 8. The van der Waals surface area contributed by atoms with Gasteiger partial charge in [-0.05, 0) is 13.0 Å². The fourth-order valence-corrected chi connectivity index (χ4v) is 3.99. The standard InChI is InChI=1S/C17H15F3N8O2S/c1-4-31(29,30)12-5-10(28-8-23-9(2)26-28)6-21-13(12)14-22-7-11-15(25-14)27(3)16(24-11)17(18,19)20/h5-8H,4H2,1-3H3. The molecule has 0 N–H and O–H groups in total. The molecule has 0 bridgehead atoms. The second-order valence-electron chi connectivity index (χ2n) is 6.57. The lowest BCUT2D eigenvalue weighted by Crippen LogP contribution is -2.12. The summed E-state index contributed by atoms with van der Waals surface area (Å²) in [5.74, 6) is -1.03. The molecular weight excluding hydrogens is 437 g/mol. The van der Waals surface area contributed by atoms with Crippen molar-refractivity contribution in [3.8, 4) is 17.2 Å². The zero-order chi connectivity index (χ0) is 22.6. The Hall–Kier alpha value is -3.42. The summed E-state index contributed by atoms with van der Waals surface area (Å²) in [7, 11) is -2.62. The summed E-state index contributed by atoms with van der Waals surface area (Å²) in [4.78, 5) is 19.7. The number of sulfone groups is 1. The van der Waals surface area contributed by atoms with Crippen LogP contribution in [0, 0.1) is 6.92 Å². The molecule has 0 aliphatic heterocycles. The van der Waals surface area contributed by atoms with Crippen molar-refractivity contribution >= 4 is 21.0 Å². The van der Waals surface area contributed by atoms with Gasteiger partial charge in [0, 0.05) is 7.05 Å². The second kappa shape index (κ2) is 7.08. The first-order chi connectivity index (χ1) is 14.5. The largest absolute Gasteiger partial charge is 0.449 e. The Balaban J connectivity index is 1.92. The predicted molar refractivity (Wildman–Crippen MR) is 102 cm³/mol. The predicted octanol–water partition coefficient (Wildman–Crippen LogP) is 2.13. The van der Waals surface area contributed by atoms with Gasteiger partial charge < -0.3 is 4.57 Å². The van der Waals surface area contributed by atoms with Gasteiger partial charge in [0.25, 0.3) is 0 Å². The average Bonchev–Trinajstić information content (AvgIpc) is 3.30. The van der Waals surface area contributed by atoms with E-state index in [9.17, 15) is 21.6 Å². The van der Waals surface area contributed by atoms with Crippen molar-refractivity contribution in [1.29, 1.82) is 0 Å². The van der Waals surface area contributed by atoms with Crippen molar-refractivity contribution in [2.45, 2.75) is 24.9 Å². The van der Waals surface area contributed by atoms with Crippen LogP contribution in [0.5, 0.6) is 0 Å². The molecule has 0 fully saturated rings. The summed E-state index contributed by atoms with van der Waals surface area (Å²) in [5, 5.41) is 4.13. The smallest absolute Gasteiger partial charge is 0.308 e. The maximum absolute atomic E-state index is 13.1. The van der Waals surface area contributed by atoms with Crippen molar-refractivity contribution in [2.75, 3.05) is 5.75 Å². The highest BCUT2D eigenvalue weighted by atomic mass is 32.2. The van der Waals surface area contributed by atoms with Crippen molar-refractivity contribution in [1.82, 2.24) is 39.3 Å². The van der Waals surface area contributed by atoms with E-state index in [1.807, 2.05) is 0 Å². The summed E-state index contributed by atoms with van der Waals surface area (Å²) in [6, 6.07) is 1.35. The van der Waals surface area contributed by atoms with Gasteiger partial charge in [0.15, 0.2) is 21.3 Å². The van der Waals surface area contributed by atoms with E-state index in [2.05, 4.69) is 30.0 Å². The minimum atomic E-state index is -4.68. The molecule has 162 valence electrons. The number of aromatic nitrogens is 8. The van der Waals surface area contributed by atoms with E-state index in [1.165, 1.54) is 37.2 Å². The van der Waals surface area contributed by atoms with Gasteiger partial charge in [-0.3, -0.25) is 0 Å². The van der Waals surface area contributed by atoms with Gasteiger partial charge >= 0.3 is 6.18 Å². The quantitative estimate of drug-likeness (QED) is 0.462. The molecule has 0 saturated heterocycles. The fraction of sp³-hybridized carbons (Fsp3) is 0.294. The highest BCUT2D eigenvalue weighted by Crippen LogP contribution is 2.31. The molecule has 4 aromatic heterocycles. The number of nitrogens with zero attached hydrogens (tertiary/aromatic N) is 8. The van der Waals surface area contributed by atoms with E-state index in [1.54, 1.807) is 6.92 Å². The summed E-state index contributed by atoms with van der Waals surface area (Å²) < 4.78 is 67.1. The zero-order valence-corrected chi connectivity index (χ0v) is 17.3. The number of fused-ring (bicyclic) bond motifs is 1. The van der Waals surface area contributed by atoms with Crippen LogP contribution in [0.4, 0.5) is 13.2 Å². The fourth-order valence-electron chi connectivity index (χ4n) is 2.94. The van der Waals surface area contributed by atoms with E-state index < -0.39 is 21.8 Å². The molecule has 0 spiro atoms. The maximum Gasteiger partial charge on any atom is 0.449 e. The first-order valence-electron chi connectivity index (χ1n) is 8.89. The van der Waals surface area contributed by atoms with Crippen molar-refractivity contribution in [3.05, 3.63) is 36.4 Å². The number of imidazole rings is 1. The van der Waals surface area contributed by atoms with E-state index in [4.69, 9.17) is 0 Å². The van der Waals surface area contributed by atoms with Crippen LogP contribution in [0.3, 0.4) is 0 Å². The molecule has 14 heteroatoms. The Labute approximate surface area is 173 Å². The van der Waals surface area contributed by atoms with Gasteiger partial charge in [0.2, 0.25) is 5.82 Å². The van der Waals surface area contributed by atoms with Crippen LogP contribution >= 0.6 is 0 Å². The van der Waals surface area contributed by atoms with Crippen molar-refractivity contribution in [2.24, 2.45) is 7.05 Å². The third-order valence-corrected chi connectivity index (χ3v) is 6.24. The van der Waals surface area contributed by atoms with Crippen LogP contribution in [0.25, 0.3) is 28.4 Å². The Morgan fingerprint density at radius 3 is 2.45 bits per heavy atom. The third kappa shape index (κ3) is 3.62. The number of aryl methyl sites for hydroxylation is 2. The van der Waals surface area contributed by atoms with Gasteiger partial charge in [-0.1, -0.05) is 6.92 Å². The van der Waals surface area contributed by atoms with Crippen LogP contribution < -0.4 is 0 Å². The number of hydrogen-bond donors (Lipinski definition) is 0. The van der Waals surface area contributed by atoms with Gasteiger partial charge in [-0.15, -0.1) is 0 Å². The van der Waals surface area contributed by atoms with Crippen LogP contribution in [-0.4, -0.2) is 53.4 Å². The Kier molecular flexibility index (Phi) is 4.76. The zero-order valence-electron chi connectivity index (χ0n) is 16.5. The van der Waals surface area contributed by atoms with Gasteiger partial charge in [0.05, 0.1) is 28.7 Å². The molecule has 4 aromatic rings. The van der Waals surface area contributed by atoms with E-state index in [0.717, 1.165) is 10.8 Å². The summed E-state index contributed by atoms with van der Waals surface area (Å²) in [5.41, 5.74) is 0.0829. The summed E-state index contributed by atoms with van der Waals surface area (Å²) >= 11 is 0. The Morgan fingerprint density at radius 2 is 1.84 bits per heavy atom. The van der Waals surface area contributed by atoms with Gasteiger partial charge in [-0.2, -0.15) is 18.3 Å². The molecule has 4 heterocycles. The molecule has 0 atom stereocenters. The molecule has 0 unspecified atom stereocenters. The second-order valence-corrected chi connectivity index (χ2v) is 8.82. The third-order valence-electron chi connectivity index (χ3n) is 4.50. The van der Waals surface area contributed by atoms with Crippen LogP contribution in [0.2, 0.25) is 0 Å². The minimum Gasteiger partial charge on any atom is -0.308 e. The molecule has 0 amide bonds. The van der Waals surface area contributed by atoms with Gasteiger partial charge in [0.1, 0.15) is 23.4 Å². The van der Waals surface area contributed by atoms with Crippen LogP contribution in [0.1, 0.15) is 18.6 Å². The maximum atomic E-state index is 13.1. The first kappa shape index (κ1) is 20.8. The monoisotopic (exact) mass is 452 g/mol. The lowest BCUT2D eigenvalue weighted by Gasteiger charge is -2.10. The van der Waals surface area contributed by atoms with Crippen LogP contribution in [0.15, 0.2) is 29.7 Å². The summed E-state index contributed by atoms with van der Waals surface area (Å²) in [6.07, 6.45) is -0.810. The SMILES string of the molecule is CCS(=O)(=O)c1cc(-n2cnc(C)n2)cnc1-c1ncc2nc(C(F)(F)F)n(C)c2n1. The molecule has 0 aliphatic carbocycles. The number of halogens is 3. The molecular formula is C17H15F3N8O2S. The Bertz CT molecular complexity index is 1410. The van der Waals surface area contributed by atoms with E-state index >= 15 is 0 Å². The lowest BCUT2D eigenvalue weighted by atomic mass is 10.3. The molecule has 0 aliphatic rings. The van der Waals surface area contributed by atoms with E-state index in [0.29, 0.717) is 11.5 Å². The molecule has 10 nitrogen and oxygen atoms in total. The molecule has 31 heavy (non-hydrogen) atoms. The molecule has 0 aromatic carbocycles. The lowest BCUT2D eigenvalue weighted by molar-refractivity contribution is -0.146. The number of rotatable bonds is 4. The molecule has 0 saturated carbocycles. The van der Waals surface area contributed by atoms with Crippen LogP contribution in [-0.2, 0) is 23.1 Å². The minimum absolute atomic E-state index is 0.0758. The first-order valence-corrected chi connectivity index (χ1v) is 10.5. The van der Waals surface area contributed by atoms with Crippen molar-refractivity contribution in [3.63, 3.8) is 0 Å². The number of alkyl halides is 3. The van der Waals surface area contributed by atoms with Gasteiger partial charge in [-0.25, -0.2) is 38.0 Å². The Morgan fingerprint density at radius 1 is 1.10 bits per heavy atom. The highest BCUT2D eigenvalue weighted by molar-refractivity contribution is 7.91.